The van der Waals surface area contributed by atoms with E-state index in [1.54, 1.807) is 0 Å². The second-order valence-electron chi connectivity index (χ2n) is 6.38. The van der Waals surface area contributed by atoms with E-state index in [1.165, 1.54) is 0 Å². The summed E-state index contributed by atoms with van der Waals surface area (Å²) in [4.78, 5) is 2.04. The van der Waals surface area contributed by atoms with Crippen LogP contribution in [0.15, 0.2) is 30.3 Å². The average Bonchev–Trinajstić information content (AvgIpc) is 2.71. The van der Waals surface area contributed by atoms with Gasteiger partial charge in [0.15, 0.2) is 5.79 Å². The summed E-state index contributed by atoms with van der Waals surface area (Å²) in [6.45, 7) is 5.24. The normalized spacial score (nSPS) is 36.2. The van der Waals surface area contributed by atoms with E-state index in [0.717, 1.165) is 5.56 Å². The molecule has 21 heavy (non-hydrogen) atoms. The van der Waals surface area contributed by atoms with Crippen LogP contribution in [-0.2, 0) is 16.0 Å². The van der Waals surface area contributed by atoms with Crippen LogP contribution in [0.25, 0.3) is 0 Å². The first kappa shape index (κ1) is 14.9. The number of aliphatic hydroxyl groups is 2. The van der Waals surface area contributed by atoms with Gasteiger partial charge in [-0.15, -0.1) is 0 Å². The van der Waals surface area contributed by atoms with Gasteiger partial charge in [-0.05, 0) is 19.4 Å². The maximum atomic E-state index is 10.4. The highest BCUT2D eigenvalue weighted by Crippen LogP contribution is 2.34. The number of hydrogen-bond donors (Lipinski definition) is 2. The van der Waals surface area contributed by atoms with Crippen LogP contribution in [0.4, 0.5) is 0 Å². The molecule has 1 aromatic rings. The van der Waals surface area contributed by atoms with Crippen LogP contribution in [0.2, 0.25) is 0 Å². The molecule has 0 aliphatic carbocycles. The quantitative estimate of drug-likeness (QED) is 0.842. The number of benzene rings is 1. The van der Waals surface area contributed by atoms with E-state index in [1.807, 2.05) is 49.1 Å². The molecule has 0 saturated carbocycles. The van der Waals surface area contributed by atoms with E-state index >= 15 is 0 Å². The number of fused-ring (bicyclic) bond motifs is 1. The number of ether oxygens (including phenoxy) is 2. The van der Waals surface area contributed by atoms with Crippen LogP contribution in [0.1, 0.15) is 19.4 Å². The first-order chi connectivity index (χ1) is 9.94. The lowest BCUT2D eigenvalue weighted by Crippen LogP contribution is -2.41. The smallest absolute Gasteiger partial charge is 0.164 e. The molecule has 2 fully saturated rings. The van der Waals surface area contributed by atoms with Gasteiger partial charge < -0.3 is 19.7 Å². The lowest BCUT2D eigenvalue weighted by atomic mass is 10.1. The Morgan fingerprint density at radius 1 is 1.05 bits per heavy atom. The Hall–Kier alpha value is -0.980. The molecule has 2 N–H and O–H groups in total. The predicted molar refractivity (Wildman–Crippen MR) is 77.6 cm³/mol. The molecule has 2 saturated heterocycles. The summed E-state index contributed by atoms with van der Waals surface area (Å²) in [6, 6.07) is 10.0. The molecule has 2 aliphatic rings. The minimum absolute atomic E-state index is 0.465. The van der Waals surface area contributed by atoms with Crippen molar-refractivity contribution in [2.75, 3.05) is 13.1 Å². The van der Waals surface area contributed by atoms with E-state index in [-0.39, 0.29) is 0 Å². The van der Waals surface area contributed by atoms with E-state index in [2.05, 4.69) is 0 Å². The molecule has 0 unspecified atom stereocenters. The van der Waals surface area contributed by atoms with Crippen LogP contribution >= 0.6 is 0 Å². The number of rotatable bonds is 2. The fourth-order valence-electron chi connectivity index (χ4n) is 3.19. The van der Waals surface area contributed by atoms with Gasteiger partial charge in [-0.1, -0.05) is 30.3 Å². The molecule has 0 bridgehead atoms. The lowest BCUT2D eigenvalue weighted by molar-refractivity contribution is -0.165. The predicted octanol–water partition coefficient (Wildman–Crippen LogP) is 0.744. The van der Waals surface area contributed by atoms with Crippen molar-refractivity contribution < 1.29 is 19.7 Å². The van der Waals surface area contributed by atoms with E-state index < -0.39 is 30.2 Å². The molecule has 1 aromatic carbocycles. The summed E-state index contributed by atoms with van der Waals surface area (Å²) in [7, 11) is 0. The number of hydrogen-bond acceptors (Lipinski definition) is 5. The summed E-state index contributed by atoms with van der Waals surface area (Å²) in [6.07, 6.45) is -2.29. The number of nitrogens with zero attached hydrogens (tertiary/aromatic N) is 1. The SMILES string of the molecule is CC1(C)O[C@H]2[C@H](O1)[C@H](O)CN(Cc1ccccc1)C[C@H]2O. The molecule has 0 radical (unpaired) electrons. The number of likely N-dealkylation sites (tertiary alicyclic amines) is 1. The minimum Gasteiger partial charge on any atom is -0.389 e. The van der Waals surface area contributed by atoms with Crippen molar-refractivity contribution >= 4 is 0 Å². The van der Waals surface area contributed by atoms with Crippen LogP contribution in [0.5, 0.6) is 0 Å². The third kappa shape index (κ3) is 3.27. The summed E-state index contributed by atoms with van der Waals surface area (Å²) in [5.41, 5.74) is 1.16. The standard InChI is InChI=1S/C16H23NO4/c1-16(2)20-14-12(18)9-17(10-13(19)15(14)21-16)8-11-6-4-3-5-7-11/h3-7,12-15,18-19H,8-10H2,1-2H3/t12-,13-,14-,15-/m1/s1. The molecule has 3 rings (SSSR count). The first-order valence-corrected chi connectivity index (χ1v) is 7.43. The Bertz CT molecular complexity index is 456. The summed E-state index contributed by atoms with van der Waals surface area (Å²) in [5, 5.41) is 20.8. The van der Waals surface area contributed by atoms with Crippen LogP contribution in [-0.4, -0.2) is 58.4 Å². The number of β-amino-alcohol motifs (C(OH)–C–C–N with tert-alkyl or cyclic N) is 2. The highest BCUT2D eigenvalue weighted by Gasteiger charge is 2.50. The van der Waals surface area contributed by atoms with Crippen LogP contribution < -0.4 is 0 Å². The van der Waals surface area contributed by atoms with Crippen molar-refractivity contribution in [3.8, 4) is 0 Å². The lowest BCUT2D eigenvalue weighted by Gasteiger charge is -2.26. The highest BCUT2D eigenvalue weighted by atomic mass is 16.8. The van der Waals surface area contributed by atoms with E-state index in [4.69, 9.17) is 9.47 Å². The van der Waals surface area contributed by atoms with Gasteiger partial charge in [0.05, 0.1) is 12.2 Å². The van der Waals surface area contributed by atoms with Crippen molar-refractivity contribution in [3.05, 3.63) is 35.9 Å². The third-order valence-corrected chi connectivity index (χ3v) is 4.06. The molecule has 0 amide bonds. The van der Waals surface area contributed by atoms with Gasteiger partial charge in [-0.3, -0.25) is 4.90 Å². The average molecular weight is 293 g/mol. The van der Waals surface area contributed by atoms with Gasteiger partial charge in [0, 0.05) is 19.6 Å². The van der Waals surface area contributed by atoms with Crippen molar-refractivity contribution in [2.45, 2.75) is 50.6 Å². The molecular formula is C16H23NO4. The number of aliphatic hydroxyl groups excluding tert-OH is 2. The van der Waals surface area contributed by atoms with Gasteiger partial charge in [0.25, 0.3) is 0 Å². The topological polar surface area (TPSA) is 62.2 Å². The first-order valence-electron chi connectivity index (χ1n) is 7.43. The summed E-state index contributed by atoms with van der Waals surface area (Å²) < 4.78 is 11.5. The fraction of sp³-hybridized carbons (Fsp3) is 0.625. The molecule has 0 aromatic heterocycles. The van der Waals surface area contributed by atoms with E-state index in [0.29, 0.717) is 19.6 Å². The fourth-order valence-corrected chi connectivity index (χ4v) is 3.19. The van der Waals surface area contributed by atoms with Gasteiger partial charge in [-0.25, -0.2) is 0 Å². The second-order valence-corrected chi connectivity index (χ2v) is 6.38. The maximum absolute atomic E-state index is 10.4. The molecule has 5 heteroatoms. The van der Waals surface area contributed by atoms with E-state index in [9.17, 15) is 10.2 Å². The monoisotopic (exact) mass is 293 g/mol. The zero-order chi connectivity index (χ0) is 15.0. The summed E-state index contributed by atoms with van der Waals surface area (Å²) in [5.74, 6) is -0.751. The largest absolute Gasteiger partial charge is 0.389 e. The Labute approximate surface area is 125 Å². The van der Waals surface area contributed by atoms with Crippen molar-refractivity contribution in [3.63, 3.8) is 0 Å². The Morgan fingerprint density at radius 3 is 2.10 bits per heavy atom. The van der Waals surface area contributed by atoms with Gasteiger partial charge in [0.2, 0.25) is 0 Å². The molecule has 2 heterocycles. The van der Waals surface area contributed by atoms with Crippen molar-refractivity contribution in [2.24, 2.45) is 0 Å². The van der Waals surface area contributed by atoms with Crippen LogP contribution in [0, 0.1) is 0 Å². The third-order valence-electron chi connectivity index (χ3n) is 4.06. The molecule has 4 atom stereocenters. The highest BCUT2D eigenvalue weighted by molar-refractivity contribution is 5.14. The molecule has 116 valence electrons. The Morgan fingerprint density at radius 2 is 1.57 bits per heavy atom. The maximum Gasteiger partial charge on any atom is 0.164 e. The Kier molecular flexibility index (Phi) is 4.03. The second kappa shape index (κ2) is 5.66. The molecule has 5 nitrogen and oxygen atoms in total. The van der Waals surface area contributed by atoms with Crippen molar-refractivity contribution in [1.29, 1.82) is 0 Å². The molecule has 2 aliphatic heterocycles. The van der Waals surface area contributed by atoms with Gasteiger partial charge >= 0.3 is 0 Å². The zero-order valence-corrected chi connectivity index (χ0v) is 12.5. The van der Waals surface area contributed by atoms with Crippen molar-refractivity contribution in [1.82, 2.24) is 4.90 Å². The summed E-state index contributed by atoms with van der Waals surface area (Å²) >= 11 is 0. The van der Waals surface area contributed by atoms with Crippen LogP contribution in [0.3, 0.4) is 0 Å². The molecule has 0 spiro atoms. The molecular weight excluding hydrogens is 270 g/mol. The zero-order valence-electron chi connectivity index (χ0n) is 12.5. The van der Waals surface area contributed by atoms with Gasteiger partial charge in [0.1, 0.15) is 12.2 Å². The minimum atomic E-state index is -0.751. The van der Waals surface area contributed by atoms with Gasteiger partial charge in [-0.2, -0.15) is 0 Å². The Balaban J connectivity index is 1.72.